The molecule has 0 aromatic rings. The van der Waals surface area contributed by atoms with Gasteiger partial charge in [-0.25, -0.2) is 9.13 Å². The van der Waals surface area contributed by atoms with E-state index in [0.29, 0.717) is 25.7 Å². The molecule has 0 aliphatic carbocycles. The molecule has 0 aromatic heterocycles. The third-order valence-electron chi connectivity index (χ3n) is 19.1. The fraction of sp³-hybridized carbons (Fsp3) is 0.905. The maximum Gasteiger partial charge on any atom is 0.472 e. The van der Waals surface area contributed by atoms with Crippen molar-refractivity contribution in [2.24, 2.45) is 11.8 Å². The van der Waals surface area contributed by atoms with Crippen molar-refractivity contribution in [1.82, 2.24) is 0 Å². The molecular formula is C84H160O17P2. The number of phosphoric ester groups is 2. The largest absolute Gasteiger partial charge is 0.472 e. The van der Waals surface area contributed by atoms with E-state index in [9.17, 15) is 43.2 Å². The van der Waals surface area contributed by atoms with E-state index in [0.717, 1.165) is 115 Å². The first kappa shape index (κ1) is 101. The third kappa shape index (κ3) is 77.5. The topological polar surface area (TPSA) is 237 Å². The molecule has 0 saturated heterocycles. The number of allylic oxidation sites excluding steroid dienone is 4. The van der Waals surface area contributed by atoms with E-state index in [4.69, 9.17) is 37.0 Å². The summed E-state index contributed by atoms with van der Waals surface area (Å²) in [6.07, 6.45) is 68.7. The average Bonchev–Trinajstić information content (AvgIpc) is 0.923. The van der Waals surface area contributed by atoms with Gasteiger partial charge >= 0.3 is 39.5 Å². The lowest BCUT2D eigenvalue weighted by Gasteiger charge is -2.21. The molecule has 17 nitrogen and oxygen atoms in total. The molecule has 0 bridgehead atoms. The summed E-state index contributed by atoms with van der Waals surface area (Å²) in [4.78, 5) is 73.1. The zero-order chi connectivity index (χ0) is 75.6. The quantitative estimate of drug-likeness (QED) is 0.0169. The van der Waals surface area contributed by atoms with Crippen LogP contribution in [0.3, 0.4) is 0 Å². The van der Waals surface area contributed by atoms with E-state index in [2.05, 4.69) is 65.8 Å². The van der Waals surface area contributed by atoms with Crippen LogP contribution >= 0.6 is 15.6 Å². The summed E-state index contributed by atoms with van der Waals surface area (Å²) in [5.74, 6) is -0.526. The third-order valence-corrected chi connectivity index (χ3v) is 21.0. The number of hydrogen-bond acceptors (Lipinski definition) is 15. The van der Waals surface area contributed by atoms with E-state index in [1.54, 1.807) is 0 Å². The second kappa shape index (κ2) is 75.0. The van der Waals surface area contributed by atoms with Gasteiger partial charge in [-0.1, -0.05) is 368 Å². The number of carbonyl (C=O) groups is 4. The summed E-state index contributed by atoms with van der Waals surface area (Å²) >= 11 is 0. The normalized spacial score (nSPS) is 14.0. The van der Waals surface area contributed by atoms with Gasteiger partial charge in [0.25, 0.3) is 0 Å². The van der Waals surface area contributed by atoms with Gasteiger partial charge in [0, 0.05) is 25.7 Å². The molecule has 0 amide bonds. The van der Waals surface area contributed by atoms with Crippen LogP contribution in [0.2, 0.25) is 0 Å². The minimum atomic E-state index is -4.97. The minimum absolute atomic E-state index is 0.0855. The summed E-state index contributed by atoms with van der Waals surface area (Å²) in [5, 5.41) is 10.7. The lowest BCUT2D eigenvalue weighted by atomic mass is 10.0. The molecule has 0 aromatic carbocycles. The highest BCUT2D eigenvalue weighted by Crippen LogP contribution is 2.45. The Morgan fingerprint density at radius 2 is 0.524 bits per heavy atom. The molecule has 3 N–H and O–H groups in total. The van der Waals surface area contributed by atoms with Gasteiger partial charge in [-0.15, -0.1) is 0 Å². The van der Waals surface area contributed by atoms with E-state index in [1.165, 1.54) is 225 Å². The molecule has 2 unspecified atom stereocenters. The zero-order valence-electron chi connectivity index (χ0n) is 67.1. The number of ether oxygens (including phenoxy) is 4. The van der Waals surface area contributed by atoms with Gasteiger partial charge in [-0.3, -0.25) is 37.3 Å². The van der Waals surface area contributed by atoms with Crippen LogP contribution in [0, 0.1) is 11.8 Å². The predicted octanol–water partition coefficient (Wildman–Crippen LogP) is 25.0. The van der Waals surface area contributed by atoms with Crippen LogP contribution in [-0.2, 0) is 65.4 Å². The molecule has 0 rings (SSSR count). The molecular weight excluding hydrogens is 1340 g/mol. The van der Waals surface area contributed by atoms with E-state index >= 15 is 0 Å². The van der Waals surface area contributed by atoms with Crippen LogP contribution in [0.15, 0.2) is 24.3 Å². The Kier molecular flexibility index (Phi) is 73.2. The Bertz CT molecular complexity index is 2070. The Morgan fingerprint density at radius 3 is 0.796 bits per heavy atom. The lowest BCUT2D eigenvalue weighted by molar-refractivity contribution is -0.161. The maximum absolute atomic E-state index is 13.1. The molecule has 608 valence electrons. The summed E-state index contributed by atoms with van der Waals surface area (Å²) in [5.41, 5.74) is 0. The number of hydrogen-bond donors (Lipinski definition) is 3. The first-order valence-electron chi connectivity index (χ1n) is 42.8. The molecule has 19 heteroatoms. The summed E-state index contributed by atoms with van der Waals surface area (Å²) in [7, 11) is -9.94. The van der Waals surface area contributed by atoms with Crippen LogP contribution in [-0.4, -0.2) is 96.7 Å². The van der Waals surface area contributed by atoms with Gasteiger partial charge in [0.15, 0.2) is 12.2 Å². The second-order valence-electron chi connectivity index (χ2n) is 30.5. The van der Waals surface area contributed by atoms with Crippen molar-refractivity contribution in [1.29, 1.82) is 0 Å². The number of aliphatic hydroxyl groups is 1. The van der Waals surface area contributed by atoms with Crippen molar-refractivity contribution in [2.45, 2.75) is 439 Å². The van der Waals surface area contributed by atoms with E-state index in [1.807, 2.05) is 0 Å². The number of phosphoric acid groups is 2. The lowest BCUT2D eigenvalue weighted by Crippen LogP contribution is -2.30. The van der Waals surface area contributed by atoms with Crippen LogP contribution in [0.25, 0.3) is 0 Å². The molecule has 0 aliphatic rings. The first-order chi connectivity index (χ1) is 49.9. The van der Waals surface area contributed by atoms with Gasteiger partial charge in [0.1, 0.15) is 19.3 Å². The fourth-order valence-corrected chi connectivity index (χ4v) is 14.1. The van der Waals surface area contributed by atoms with Gasteiger partial charge in [-0.05, 0) is 63.2 Å². The predicted molar refractivity (Wildman–Crippen MR) is 423 cm³/mol. The highest BCUT2D eigenvalue weighted by atomic mass is 31.2. The van der Waals surface area contributed by atoms with Crippen molar-refractivity contribution in [3.05, 3.63) is 24.3 Å². The number of aliphatic hydroxyl groups excluding tert-OH is 1. The van der Waals surface area contributed by atoms with Crippen LogP contribution in [0.4, 0.5) is 0 Å². The fourth-order valence-electron chi connectivity index (χ4n) is 12.5. The highest BCUT2D eigenvalue weighted by Gasteiger charge is 2.30. The Hall–Kier alpha value is -2.46. The summed E-state index contributed by atoms with van der Waals surface area (Å²) in [6.45, 7) is 9.64. The van der Waals surface area contributed by atoms with Gasteiger partial charge < -0.3 is 33.8 Å². The Morgan fingerprint density at radius 1 is 0.301 bits per heavy atom. The van der Waals surface area contributed by atoms with E-state index in [-0.39, 0.29) is 25.7 Å². The van der Waals surface area contributed by atoms with Crippen molar-refractivity contribution in [2.75, 3.05) is 39.6 Å². The van der Waals surface area contributed by atoms with Crippen LogP contribution in [0.5, 0.6) is 0 Å². The monoisotopic (exact) mass is 1500 g/mol. The first-order valence-corrected chi connectivity index (χ1v) is 45.8. The zero-order valence-corrected chi connectivity index (χ0v) is 68.9. The van der Waals surface area contributed by atoms with Gasteiger partial charge in [-0.2, -0.15) is 0 Å². The van der Waals surface area contributed by atoms with Crippen molar-refractivity contribution < 1.29 is 80.2 Å². The standard InChI is InChI=1S/C84H160O17P2/c1-7-9-11-13-15-17-19-20-25-31-38-44-50-56-62-68-83(88)100-79(72-94-81(86)66-60-54-48-42-34-18-16-14-12-10-8-2)74-98-102(90,91)96-70-78(85)71-97-103(92,93)99-75-80(73-95-82(87)67-61-55-49-43-37-33-28-30-36-41-47-53-59-65-77(5)6)101-84(89)69-63-57-51-45-39-32-27-24-22-21-23-26-29-35-40-46-52-58-64-76(3)4/h17,19-20,25,76-80,85H,7-16,18,21-24,26-75H2,1-6H3,(H,90,91)(H,92,93)/b19-17-,25-20-/t78-,79+,80+/m0/s1. The van der Waals surface area contributed by atoms with Gasteiger partial charge in [0.2, 0.25) is 0 Å². The maximum atomic E-state index is 13.1. The minimum Gasteiger partial charge on any atom is -0.462 e. The van der Waals surface area contributed by atoms with Crippen molar-refractivity contribution in [3.8, 4) is 0 Å². The van der Waals surface area contributed by atoms with Crippen molar-refractivity contribution in [3.63, 3.8) is 0 Å². The summed E-state index contributed by atoms with van der Waals surface area (Å²) in [6, 6.07) is 0. The number of carbonyl (C=O) groups excluding carboxylic acids is 4. The smallest absolute Gasteiger partial charge is 0.462 e. The Balaban J connectivity index is 5.27. The number of esters is 4. The Labute approximate surface area is 631 Å². The molecule has 0 fully saturated rings. The second-order valence-corrected chi connectivity index (χ2v) is 33.4. The van der Waals surface area contributed by atoms with Crippen LogP contribution in [0.1, 0.15) is 420 Å². The molecule has 0 aliphatic heterocycles. The molecule has 0 saturated carbocycles. The molecule has 0 heterocycles. The molecule has 0 spiro atoms. The average molecular weight is 1500 g/mol. The van der Waals surface area contributed by atoms with Crippen molar-refractivity contribution >= 4 is 39.5 Å². The number of rotatable bonds is 81. The molecule has 0 radical (unpaired) electrons. The van der Waals surface area contributed by atoms with E-state index < -0.39 is 97.5 Å². The van der Waals surface area contributed by atoms with Gasteiger partial charge in [0.05, 0.1) is 26.4 Å². The summed E-state index contributed by atoms with van der Waals surface area (Å²) < 4.78 is 68.8. The molecule has 5 atom stereocenters. The number of unbranched alkanes of at least 4 members (excludes halogenated alkanes) is 48. The van der Waals surface area contributed by atoms with Crippen LogP contribution < -0.4 is 0 Å². The highest BCUT2D eigenvalue weighted by molar-refractivity contribution is 7.47. The molecule has 103 heavy (non-hydrogen) atoms. The SMILES string of the molecule is CCCCCC/C=C\C=C/CCCCCCCC(=O)O[C@H](COC(=O)CCCCCCCCCCCCC)COP(=O)(O)OC[C@H](O)COP(=O)(O)OC[C@@H](COC(=O)CCCCCCCCCCCCCCCC(C)C)OC(=O)CCCCCCCCCCCCCCCCCCCCC(C)C.